The van der Waals surface area contributed by atoms with Crippen LogP contribution in [0, 0.1) is 0 Å². The van der Waals surface area contributed by atoms with Crippen molar-refractivity contribution in [3.8, 4) is 0 Å². The Morgan fingerprint density at radius 3 is 2.93 bits per heavy atom. The van der Waals surface area contributed by atoms with Crippen LogP contribution in [-0.4, -0.2) is 5.24 Å². The smallest absolute Gasteiger partial charge is 0.253 e. The lowest BCUT2D eigenvalue weighted by molar-refractivity contribution is 0.108. The second-order valence-corrected chi connectivity index (χ2v) is 5.95. The molecule has 0 unspecified atom stereocenters. The van der Waals surface area contributed by atoms with Crippen LogP contribution in [0.15, 0.2) is 33.2 Å². The van der Waals surface area contributed by atoms with E-state index in [0.717, 1.165) is 10.6 Å². The van der Waals surface area contributed by atoms with Crippen LogP contribution in [0.4, 0.5) is 0 Å². The van der Waals surface area contributed by atoms with Crippen molar-refractivity contribution >= 4 is 51.3 Å². The van der Waals surface area contributed by atoms with Crippen molar-refractivity contribution < 1.29 is 4.79 Å². The largest absolute Gasteiger partial charge is 0.276 e. The molecule has 2 aromatic rings. The maximum absolute atomic E-state index is 11.1. The molecule has 15 heavy (non-hydrogen) atoms. The van der Waals surface area contributed by atoms with E-state index in [0.29, 0.717) is 5.56 Å². The first-order chi connectivity index (χ1) is 7.27. The fourth-order valence-corrected chi connectivity index (χ4v) is 4.11. The first-order valence-electron chi connectivity index (χ1n) is 4.18. The third-order valence-electron chi connectivity index (χ3n) is 1.82. The molecule has 0 saturated heterocycles. The Kier molecular flexibility index (Phi) is 3.86. The molecule has 0 aliphatic carbocycles. The lowest BCUT2D eigenvalue weighted by Crippen LogP contribution is -1.89. The normalized spacial score (nSPS) is 10.5. The highest BCUT2D eigenvalue weighted by Crippen LogP contribution is 2.29. The number of hydrogen-bond acceptors (Lipinski definition) is 4. The van der Waals surface area contributed by atoms with Crippen molar-refractivity contribution in [1.29, 1.82) is 0 Å². The van der Waals surface area contributed by atoms with Crippen molar-refractivity contribution in [2.75, 3.05) is 0 Å². The summed E-state index contributed by atoms with van der Waals surface area (Å²) in [7, 11) is 0. The maximum atomic E-state index is 11.1. The predicted molar refractivity (Wildman–Crippen MR) is 68.4 cm³/mol. The average Bonchev–Trinajstić information content (AvgIpc) is 2.86. The second kappa shape index (κ2) is 5.16. The Hall–Kier alpha value is -0.290. The molecule has 78 valence electrons. The maximum Gasteiger partial charge on any atom is 0.253 e. The SMILES string of the molecule is O=C(Cl)c1ccsc1CSc1ccsc1. The highest BCUT2D eigenvalue weighted by Gasteiger charge is 2.10. The molecule has 0 bridgehead atoms. The summed E-state index contributed by atoms with van der Waals surface area (Å²) in [6.07, 6.45) is 0. The molecule has 2 aromatic heterocycles. The number of hydrogen-bond donors (Lipinski definition) is 0. The van der Waals surface area contributed by atoms with Crippen LogP contribution in [0.2, 0.25) is 0 Å². The minimum atomic E-state index is -0.364. The highest BCUT2D eigenvalue weighted by molar-refractivity contribution is 7.98. The van der Waals surface area contributed by atoms with E-state index in [1.807, 2.05) is 10.8 Å². The fourth-order valence-electron chi connectivity index (χ4n) is 1.11. The molecule has 0 fully saturated rings. The standard InChI is InChI=1S/C10H7ClOS3/c11-10(12)8-2-4-14-9(8)6-15-7-1-3-13-5-7/h1-5H,6H2. The monoisotopic (exact) mass is 274 g/mol. The molecule has 2 rings (SSSR count). The summed E-state index contributed by atoms with van der Waals surface area (Å²) < 4.78 is 0. The zero-order valence-corrected chi connectivity index (χ0v) is 10.8. The van der Waals surface area contributed by atoms with Gasteiger partial charge in [0.1, 0.15) is 0 Å². The van der Waals surface area contributed by atoms with Gasteiger partial charge in [-0.15, -0.1) is 23.1 Å². The molecule has 0 radical (unpaired) electrons. The van der Waals surface area contributed by atoms with E-state index in [-0.39, 0.29) is 5.24 Å². The first-order valence-corrected chi connectivity index (χ1v) is 7.37. The molecular weight excluding hydrogens is 268 g/mol. The van der Waals surface area contributed by atoms with Crippen LogP contribution >= 0.6 is 46.0 Å². The van der Waals surface area contributed by atoms with Gasteiger partial charge in [0.2, 0.25) is 0 Å². The Morgan fingerprint density at radius 1 is 1.40 bits per heavy atom. The summed E-state index contributed by atoms with van der Waals surface area (Å²) in [5.74, 6) is 0.808. The average molecular weight is 275 g/mol. The number of carbonyl (C=O) groups excluding carboxylic acids is 1. The van der Waals surface area contributed by atoms with Gasteiger partial charge in [0.25, 0.3) is 5.24 Å². The molecule has 0 N–H and O–H groups in total. The molecule has 2 heterocycles. The number of thiophene rings is 2. The Bertz CT molecular complexity index is 447. The molecule has 5 heteroatoms. The van der Waals surface area contributed by atoms with Crippen molar-refractivity contribution in [1.82, 2.24) is 0 Å². The van der Waals surface area contributed by atoms with E-state index in [1.54, 1.807) is 40.5 Å². The van der Waals surface area contributed by atoms with Gasteiger partial charge < -0.3 is 0 Å². The van der Waals surface area contributed by atoms with E-state index in [9.17, 15) is 4.79 Å². The van der Waals surface area contributed by atoms with Gasteiger partial charge in [0, 0.05) is 26.5 Å². The summed E-state index contributed by atoms with van der Waals surface area (Å²) in [4.78, 5) is 13.3. The molecule has 1 nitrogen and oxygen atoms in total. The lowest BCUT2D eigenvalue weighted by atomic mass is 10.3. The molecule has 0 saturated carbocycles. The van der Waals surface area contributed by atoms with Gasteiger partial charge in [0.05, 0.1) is 0 Å². The fraction of sp³-hybridized carbons (Fsp3) is 0.100. The zero-order valence-electron chi connectivity index (χ0n) is 7.60. The number of halogens is 1. The summed E-state index contributed by atoms with van der Waals surface area (Å²) in [5.41, 5.74) is 0.643. The molecule has 0 atom stereocenters. The van der Waals surface area contributed by atoms with E-state index in [4.69, 9.17) is 11.6 Å². The van der Waals surface area contributed by atoms with Crippen LogP contribution in [0.1, 0.15) is 15.2 Å². The molecule has 0 aliphatic rings. The summed E-state index contributed by atoms with van der Waals surface area (Å²) >= 11 is 10.5. The van der Waals surface area contributed by atoms with Gasteiger partial charge in [-0.25, -0.2) is 0 Å². The van der Waals surface area contributed by atoms with Crippen LogP contribution in [-0.2, 0) is 5.75 Å². The lowest BCUT2D eigenvalue weighted by Gasteiger charge is -1.98. The van der Waals surface area contributed by atoms with Gasteiger partial charge in [-0.3, -0.25) is 4.79 Å². The number of rotatable bonds is 4. The van der Waals surface area contributed by atoms with Crippen LogP contribution in [0.5, 0.6) is 0 Å². The number of carbonyl (C=O) groups is 1. The third kappa shape index (κ3) is 2.84. The van der Waals surface area contributed by atoms with Gasteiger partial charge in [-0.1, -0.05) is 0 Å². The van der Waals surface area contributed by atoms with E-state index < -0.39 is 0 Å². The summed E-state index contributed by atoms with van der Waals surface area (Å²) in [6, 6.07) is 3.86. The van der Waals surface area contributed by atoms with Crippen LogP contribution in [0.3, 0.4) is 0 Å². The molecule has 0 aliphatic heterocycles. The molecular formula is C10H7ClOS3. The summed E-state index contributed by atoms with van der Waals surface area (Å²) in [5, 5.41) is 5.68. The molecule has 0 aromatic carbocycles. The van der Waals surface area contributed by atoms with Gasteiger partial charge in [-0.05, 0) is 34.5 Å². The van der Waals surface area contributed by atoms with Crippen LogP contribution < -0.4 is 0 Å². The summed E-state index contributed by atoms with van der Waals surface area (Å²) in [6.45, 7) is 0. The topological polar surface area (TPSA) is 17.1 Å². The van der Waals surface area contributed by atoms with Gasteiger partial charge in [0.15, 0.2) is 0 Å². The van der Waals surface area contributed by atoms with Gasteiger partial charge >= 0.3 is 0 Å². The zero-order chi connectivity index (χ0) is 10.7. The van der Waals surface area contributed by atoms with E-state index in [2.05, 4.69) is 11.4 Å². The third-order valence-corrected chi connectivity index (χ3v) is 4.98. The van der Waals surface area contributed by atoms with Crippen molar-refractivity contribution in [2.24, 2.45) is 0 Å². The second-order valence-electron chi connectivity index (χ2n) is 2.78. The van der Waals surface area contributed by atoms with E-state index >= 15 is 0 Å². The van der Waals surface area contributed by atoms with Crippen molar-refractivity contribution in [2.45, 2.75) is 10.6 Å². The Labute approximate surface area is 105 Å². The van der Waals surface area contributed by atoms with Gasteiger partial charge in [-0.2, -0.15) is 11.3 Å². The minimum absolute atomic E-state index is 0.364. The quantitative estimate of drug-likeness (QED) is 0.604. The number of thioether (sulfide) groups is 1. The molecule has 0 amide bonds. The molecule has 0 spiro atoms. The Balaban J connectivity index is 2.05. The minimum Gasteiger partial charge on any atom is -0.276 e. The predicted octanol–water partition coefficient (Wildman–Crippen LogP) is 4.48. The van der Waals surface area contributed by atoms with E-state index in [1.165, 1.54) is 4.90 Å². The Morgan fingerprint density at radius 2 is 2.27 bits per heavy atom. The van der Waals surface area contributed by atoms with Crippen molar-refractivity contribution in [3.63, 3.8) is 0 Å². The van der Waals surface area contributed by atoms with Crippen LogP contribution in [0.25, 0.3) is 0 Å². The highest BCUT2D eigenvalue weighted by atomic mass is 35.5. The first kappa shape index (κ1) is 11.2. The van der Waals surface area contributed by atoms with Crippen molar-refractivity contribution in [3.05, 3.63) is 38.7 Å².